The molecule has 3 N–H and O–H groups in total. The lowest BCUT2D eigenvalue weighted by molar-refractivity contribution is 0.390. The fraction of sp³-hybridized carbons (Fsp3) is 1.00. The van der Waals surface area contributed by atoms with Crippen LogP contribution in [0.15, 0.2) is 0 Å². The highest BCUT2D eigenvalue weighted by atomic mass is 14.9. The number of nitrogens with two attached hydrogens (primary N) is 1. The molecule has 0 saturated carbocycles. The van der Waals surface area contributed by atoms with Gasteiger partial charge in [-0.25, -0.2) is 0 Å². The van der Waals surface area contributed by atoms with E-state index < -0.39 is 0 Å². The number of hydrogen-bond donors (Lipinski definition) is 2. The van der Waals surface area contributed by atoms with Gasteiger partial charge in [0.05, 0.1) is 0 Å². The minimum atomic E-state index is 0.631. The second-order valence-electron chi connectivity index (χ2n) is 3.27. The van der Waals surface area contributed by atoms with E-state index in [0.717, 1.165) is 25.4 Å². The Morgan fingerprint density at radius 3 is 2.45 bits per heavy atom. The lowest BCUT2D eigenvalue weighted by Crippen LogP contribution is -2.33. The first-order valence-corrected chi connectivity index (χ1v) is 4.65. The van der Waals surface area contributed by atoms with Crippen LogP contribution in [0.3, 0.4) is 0 Å². The molecule has 0 rings (SSSR count). The van der Waals surface area contributed by atoms with Gasteiger partial charge in [-0.15, -0.1) is 0 Å². The van der Waals surface area contributed by atoms with Crippen LogP contribution in [0.5, 0.6) is 0 Å². The van der Waals surface area contributed by atoms with E-state index in [-0.39, 0.29) is 0 Å². The van der Waals surface area contributed by atoms with Crippen molar-refractivity contribution in [3.63, 3.8) is 0 Å². The van der Waals surface area contributed by atoms with E-state index in [1.807, 2.05) is 0 Å². The molecule has 0 aromatic carbocycles. The summed E-state index contributed by atoms with van der Waals surface area (Å²) in [4.78, 5) is 0. The molecule has 68 valence electrons. The molecular weight excluding hydrogens is 136 g/mol. The Kier molecular flexibility index (Phi) is 6.57. The molecule has 0 aliphatic rings. The van der Waals surface area contributed by atoms with Crippen LogP contribution in [0.1, 0.15) is 33.6 Å². The Morgan fingerprint density at radius 1 is 1.36 bits per heavy atom. The molecule has 0 amide bonds. The van der Waals surface area contributed by atoms with Gasteiger partial charge < -0.3 is 11.1 Å². The van der Waals surface area contributed by atoms with E-state index >= 15 is 0 Å². The minimum Gasteiger partial charge on any atom is -0.330 e. The van der Waals surface area contributed by atoms with Gasteiger partial charge in [-0.05, 0) is 32.4 Å². The monoisotopic (exact) mass is 158 g/mol. The van der Waals surface area contributed by atoms with Gasteiger partial charge in [-0.2, -0.15) is 0 Å². The Labute approximate surface area is 70.5 Å². The molecule has 0 spiro atoms. The average Bonchev–Trinajstić information content (AvgIpc) is 2.03. The fourth-order valence-electron chi connectivity index (χ4n) is 0.987. The Balaban J connectivity index is 3.28. The normalized spacial score (nSPS) is 16.4. The van der Waals surface area contributed by atoms with Crippen LogP contribution in [0, 0.1) is 5.92 Å². The minimum absolute atomic E-state index is 0.631. The maximum atomic E-state index is 5.38. The molecule has 0 aromatic rings. The summed E-state index contributed by atoms with van der Waals surface area (Å²) in [6, 6.07) is 0.631. The third-order valence-electron chi connectivity index (χ3n) is 2.34. The van der Waals surface area contributed by atoms with Crippen LogP contribution in [0.2, 0.25) is 0 Å². The van der Waals surface area contributed by atoms with E-state index in [2.05, 4.69) is 26.1 Å². The maximum absolute atomic E-state index is 5.38. The molecule has 0 fully saturated rings. The Morgan fingerprint density at radius 2 is 2.00 bits per heavy atom. The second-order valence-corrected chi connectivity index (χ2v) is 3.27. The van der Waals surface area contributed by atoms with Crippen molar-refractivity contribution in [2.75, 3.05) is 13.1 Å². The van der Waals surface area contributed by atoms with Gasteiger partial charge in [-0.3, -0.25) is 0 Å². The van der Waals surface area contributed by atoms with Crippen molar-refractivity contribution in [1.29, 1.82) is 0 Å². The highest BCUT2D eigenvalue weighted by Gasteiger charge is 2.07. The molecule has 0 aliphatic carbocycles. The summed E-state index contributed by atoms with van der Waals surface area (Å²) in [5.74, 6) is 0.771. The third kappa shape index (κ3) is 5.22. The zero-order valence-electron chi connectivity index (χ0n) is 8.06. The van der Waals surface area contributed by atoms with Gasteiger partial charge in [0.1, 0.15) is 0 Å². The maximum Gasteiger partial charge on any atom is 0.00642 e. The molecule has 0 radical (unpaired) electrons. The molecule has 0 heterocycles. The lowest BCUT2D eigenvalue weighted by Gasteiger charge is -2.19. The van der Waals surface area contributed by atoms with Crippen molar-refractivity contribution < 1.29 is 0 Å². The summed E-state index contributed by atoms with van der Waals surface area (Å²) < 4.78 is 0. The van der Waals surface area contributed by atoms with Crippen molar-refractivity contribution in [3.8, 4) is 0 Å². The predicted octanol–water partition coefficient (Wildman–Crippen LogP) is 1.36. The summed E-state index contributed by atoms with van der Waals surface area (Å²) in [5.41, 5.74) is 5.38. The fourth-order valence-corrected chi connectivity index (χ4v) is 0.987. The van der Waals surface area contributed by atoms with E-state index in [1.54, 1.807) is 0 Å². The van der Waals surface area contributed by atoms with E-state index in [1.165, 1.54) is 6.42 Å². The first-order chi connectivity index (χ1) is 5.22. The van der Waals surface area contributed by atoms with Crippen LogP contribution in [0.25, 0.3) is 0 Å². The first-order valence-electron chi connectivity index (χ1n) is 4.65. The van der Waals surface area contributed by atoms with Gasteiger partial charge >= 0.3 is 0 Å². The van der Waals surface area contributed by atoms with Crippen molar-refractivity contribution in [1.82, 2.24) is 5.32 Å². The smallest absolute Gasteiger partial charge is 0.00642 e. The molecule has 0 bridgehead atoms. The van der Waals surface area contributed by atoms with Crippen molar-refractivity contribution in [3.05, 3.63) is 0 Å². The zero-order valence-corrected chi connectivity index (χ0v) is 8.06. The largest absolute Gasteiger partial charge is 0.330 e. The van der Waals surface area contributed by atoms with Crippen LogP contribution >= 0.6 is 0 Å². The standard InChI is InChI=1S/C9H22N2/c1-4-8(2)9(3)11-7-5-6-10/h8-9,11H,4-7,10H2,1-3H3. The van der Waals surface area contributed by atoms with Gasteiger partial charge in [0, 0.05) is 6.04 Å². The van der Waals surface area contributed by atoms with Crippen molar-refractivity contribution in [2.45, 2.75) is 39.7 Å². The van der Waals surface area contributed by atoms with Gasteiger partial charge in [0.25, 0.3) is 0 Å². The molecule has 0 aromatic heterocycles. The second kappa shape index (κ2) is 6.62. The average molecular weight is 158 g/mol. The van der Waals surface area contributed by atoms with E-state index in [9.17, 15) is 0 Å². The number of rotatable bonds is 6. The summed E-state index contributed by atoms with van der Waals surface area (Å²) in [7, 11) is 0. The van der Waals surface area contributed by atoms with E-state index in [0.29, 0.717) is 6.04 Å². The number of hydrogen-bond acceptors (Lipinski definition) is 2. The van der Waals surface area contributed by atoms with Crippen LogP contribution in [0.4, 0.5) is 0 Å². The van der Waals surface area contributed by atoms with Crippen LogP contribution in [-0.4, -0.2) is 19.1 Å². The summed E-state index contributed by atoms with van der Waals surface area (Å²) in [6.07, 6.45) is 2.33. The molecule has 2 nitrogen and oxygen atoms in total. The van der Waals surface area contributed by atoms with Gasteiger partial charge in [0.2, 0.25) is 0 Å². The van der Waals surface area contributed by atoms with Crippen LogP contribution < -0.4 is 11.1 Å². The van der Waals surface area contributed by atoms with E-state index in [4.69, 9.17) is 5.73 Å². The Bertz CT molecular complexity index is 83.6. The van der Waals surface area contributed by atoms with Crippen LogP contribution in [-0.2, 0) is 0 Å². The summed E-state index contributed by atoms with van der Waals surface area (Å²) in [6.45, 7) is 8.60. The van der Waals surface area contributed by atoms with Gasteiger partial charge in [0.15, 0.2) is 0 Å². The molecule has 2 unspecified atom stereocenters. The molecule has 2 heteroatoms. The molecular formula is C9H22N2. The summed E-state index contributed by atoms with van der Waals surface area (Å²) >= 11 is 0. The zero-order chi connectivity index (χ0) is 8.69. The molecule has 0 saturated heterocycles. The van der Waals surface area contributed by atoms with Gasteiger partial charge in [-0.1, -0.05) is 20.3 Å². The topological polar surface area (TPSA) is 38.0 Å². The Hall–Kier alpha value is -0.0800. The molecule has 2 atom stereocenters. The quantitative estimate of drug-likeness (QED) is 0.573. The molecule has 11 heavy (non-hydrogen) atoms. The molecule has 0 aliphatic heterocycles. The number of nitrogens with one attached hydrogen (secondary N) is 1. The summed E-state index contributed by atoms with van der Waals surface area (Å²) in [5, 5.41) is 3.45. The predicted molar refractivity (Wildman–Crippen MR) is 50.6 cm³/mol. The lowest BCUT2D eigenvalue weighted by atomic mass is 10.0. The highest BCUT2D eigenvalue weighted by Crippen LogP contribution is 2.05. The highest BCUT2D eigenvalue weighted by molar-refractivity contribution is 4.66. The third-order valence-corrected chi connectivity index (χ3v) is 2.34. The van der Waals surface area contributed by atoms with Crippen molar-refractivity contribution in [2.24, 2.45) is 11.7 Å². The SMILES string of the molecule is CCC(C)C(C)NCCCN. The van der Waals surface area contributed by atoms with Crippen molar-refractivity contribution >= 4 is 0 Å². The first kappa shape index (κ1) is 10.9.